The van der Waals surface area contributed by atoms with E-state index in [-0.39, 0.29) is 17.4 Å². The molecule has 4 N–H and O–H groups in total. The molecule has 1 aromatic carbocycles. The summed E-state index contributed by atoms with van der Waals surface area (Å²) in [5.41, 5.74) is 0.370. The zero-order chi connectivity index (χ0) is 20.1. The number of carbonyl (C=O) groups is 2. The first kappa shape index (κ1) is 23.0. The number of halogens is 1. The maximum Gasteiger partial charge on any atom is 0.408 e. The summed E-state index contributed by atoms with van der Waals surface area (Å²) in [6.07, 6.45) is 2.91. The average molecular weight is 460 g/mol. The quantitative estimate of drug-likeness (QED) is 0.362. The Hall–Kier alpha value is -2.09. The molecule has 0 saturated carbocycles. The van der Waals surface area contributed by atoms with Crippen molar-refractivity contribution in [2.24, 2.45) is 5.14 Å². The Balaban J connectivity index is 2.11. The maximum atomic E-state index is 12.0. The van der Waals surface area contributed by atoms with E-state index >= 15 is 0 Å². The minimum absolute atomic E-state index is 0.0346. The van der Waals surface area contributed by atoms with Crippen LogP contribution in [0.2, 0.25) is 0 Å². The SMILES string of the molecule is NS(=O)(=O)c1ccc(C(=O)NCCCCCCNC(=O)OCC#CBr)cc1. The molecule has 0 aliphatic carbocycles. The Bertz CT molecular complexity index is 785. The molecule has 1 rings (SSSR count). The summed E-state index contributed by atoms with van der Waals surface area (Å²) in [4.78, 5) is 25.6. The summed E-state index contributed by atoms with van der Waals surface area (Å²) in [6, 6.07) is 5.44. The van der Waals surface area contributed by atoms with Crippen molar-refractivity contribution in [1.82, 2.24) is 10.6 Å². The van der Waals surface area contributed by atoms with Crippen molar-refractivity contribution in [3.63, 3.8) is 0 Å². The van der Waals surface area contributed by atoms with Crippen molar-refractivity contribution < 1.29 is 22.7 Å². The van der Waals surface area contributed by atoms with E-state index < -0.39 is 16.1 Å². The first-order chi connectivity index (χ1) is 12.8. The van der Waals surface area contributed by atoms with E-state index in [2.05, 4.69) is 37.3 Å². The molecular formula is C17H22BrN3O5S. The topological polar surface area (TPSA) is 128 Å². The summed E-state index contributed by atoms with van der Waals surface area (Å²) in [5, 5.41) is 10.4. The van der Waals surface area contributed by atoms with Crippen molar-refractivity contribution in [2.75, 3.05) is 19.7 Å². The van der Waals surface area contributed by atoms with Crippen LogP contribution < -0.4 is 15.8 Å². The van der Waals surface area contributed by atoms with Gasteiger partial charge >= 0.3 is 6.09 Å². The maximum absolute atomic E-state index is 12.0. The van der Waals surface area contributed by atoms with Gasteiger partial charge in [-0.3, -0.25) is 4.79 Å². The van der Waals surface area contributed by atoms with E-state index in [1.54, 1.807) is 0 Å². The lowest BCUT2D eigenvalue weighted by Crippen LogP contribution is -2.25. The van der Waals surface area contributed by atoms with Crippen LogP contribution in [0.1, 0.15) is 36.0 Å². The van der Waals surface area contributed by atoms with Gasteiger partial charge in [-0.15, -0.1) is 0 Å². The molecule has 0 bridgehead atoms. The number of amides is 2. The minimum atomic E-state index is -3.76. The van der Waals surface area contributed by atoms with E-state index in [0.717, 1.165) is 25.7 Å². The highest BCUT2D eigenvalue weighted by atomic mass is 79.9. The van der Waals surface area contributed by atoms with Gasteiger partial charge in [0, 0.05) is 34.6 Å². The second kappa shape index (κ2) is 12.3. The largest absolute Gasteiger partial charge is 0.436 e. The second-order valence-electron chi connectivity index (χ2n) is 5.51. The Morgan fingerprint density at radius 1 is 1.04 bits per heavy atom. The van der Waals surface area contributed by atoms with Crippen molar-refractivity contribution in [3.8, 4) is 10.8 Å². The smallest absolute Gasteiger partial charge is 0.408 e. The number of sulfonamides is 1. The fraction of sp³-hybridized carbons (Fsp3) is 0.412. The number of alkyl carbamates (subject to hydrolysis) is 1. The van der Waals surface area contributed by atoms with Gasteiger partial charge in [0.05, 0.1) is 4.90 Å². The van der Waals surface area contributed by atoms with Crippen LogP contribution in [0.4, 0.5) is 4.79 Å². The first-order valence-corrected chi connectivity index (χ1v) is 10.6. The number of ether oxygens (including phenoxy) is 1. The summed E-state index contributed by atoms with van der Waals surface area (Å²) < 4.78 is 27.1. The molecule has 10 heteroatoms. The second-order valence-corrected chi connectivity index (χ2v) is 7.47. The number of hydrogen-bond acceptors (Lipinski definition) is 5. The van der Waals surface area contributed by atoms with Gasteiger partial charge in [0.2, 0.25) is 10.0 Å². The van der Waals surface area contributed by atoms with E-state index in [1.807, 2.05) is 0 Å². The van der Waals surface area contributed by atoms with Gasteiger partial charge in [-0.05, 0) is 47.9 Å². The lowest BCUT2D eigenvalue weighted by molar-refractivity contribution is 0.0952. The van der Waals surface area contributed by atoms with Crippen LogP contribution in [0, 0.1) is 10.8 Å². The van der Waals surface area contributed by atoms with Crippen molar-refractivity contribution >= 4 is 38.0 Å². The molecule has 0 aliphatic heterocycles. The number of hydrogen-bond donors (Lipinski definition) is 3. The molecule has 0 unspecified atom stereocenters. The molecule has 0 aromatic heterocycles. The third-order valence-corrected chi connectivity index (χ3v) is 4.66. The molecule has 0 spiro atoms. The van der Waals surface area contributed by atoms with Crippen LogP contribution in [0.5, 0.6) is 0 Å². The fourth-order valence-electron chi connectivity index (χ4n) is 2.07. The summed E-state index contributed by atoms with van der Waals surface area (Å²) in [6.45, 7) is 1.07. The predicted molar refractivity (Wildman–Crippen MR) is 105 cm³/mol. The zero-order valence-electron chi connectivity index (χ0n) is 14.7. The molecule has 2 amide bonds. The number of primary sulfonamides is 1. The Morgan fingerprint density at radius 3 is 2.19 bits per heavy atom. The predicted octanol–water partition coefficient (Wildman–Crippen LogP) is 1.71. The molecule has 0 atom stereocenters. The number of rotatable bonds is 10. The van der Waals surface area contributed by atoms with Gasteiger partial charge in [-0.25, -0.2) is 18.4 Å². The highest BCUT2D eigenvalue weighted by molar-refractivity contribution is 9.12. The average Bonchev–Trinajstić information content (AvgIpc) is 2.63. The Labute approximate surface area is 167 Å². The number of unbranched alkanes of at least 4 members (excludes halogenated alkanes) is 3. The molecular weight excluding hydrogens is 438 g/mol. The monoisotopic (exact) mass is 459 g/mol. The van der Waals surface area contributed by atoms with Crippen LogP contribution in [0.3, 0.4) is 0 Å². The number of carbonyl (C=O) groups excluding carboxylic acids is 2. The molecule has 0 radical (unpaired) electrons. The Morgan fingerprint density at radius 2 is 1.63 bits per heavy atom. The summed E-state index contributed by atoms with van der Waals surface area (Å²) >= 11 is 2.90. The summed E-state index contributed by atoms with van der Waals surface area (Å²) in [7, 11) is -3.76. The van der Waals surface area contributed by atoms with Crippen LogP contribution in [-0.4, -0.2) is 40.1 Å². The van der Waals surface area contributed by atoms with Gasteiger partial charge in [0.1, 0.15) is 0 Å². The third kappa shape index (κ3) is 9.98. The normalized spacial score (nSPS) is 10.4. The molecule has 0 aliphatic rings. The van der Waals surface area contributed by atoms with Crippen LogP contribution in [0.25, 0.3) is 0 Å². The van der Waals surface area contributed by atoms with Crippen molar-refractivity contribution in [1.29, 1.82) is 0 Å². The van der Waals surface area contributed by atoms with Gasteiger partial charge in [0.15, 0.2) is 6.61 Å². The molecule has 148 valence electrons. The zero-order valence-corrected chi connectivity index (χ0v) is 17.1. The molecule has 0 heterocycles. The van der Waals surface area contributed by atoms with Gasteiger partial charge in [0.25, 0.3) is 5.91 Å². The number of nitrogens with one attached hydrogen (secondary N) is 2. The molecule has 0 fully saturated rings. The van der Waals surface area contributed by atoms with E-state index in [4.69, 9.17) is 9.88 Å². The first-order valence-electron chi connectivity index (χ1n) is 8.25. The van der Waals surface area contributed by atoms with Crippen LogP contribution in [-0.2, 0) is 14.8 Å². The van der Waals surface area contributed by atoms with E-state index in [9.17, 15) is 18.0 Å². The van der Waals surface area contributed by atoms with Gasteiger partial charge in [-0.2, -0.15) is 0 Å². The standard InChI is InChI=1S/C17H22BrN3O5S/c18-10-5-13-26-17(23)21-12-4-2-1-3-11-20-16(22)14-6-8-15(9-7-14)27(19,24)25/h6-9H,1-4,11-13H2,(H,20,22)(H,21,23)(H2,19,24,25). The fourth-order valence-corrected chi connectivity index (χ4v) is 2.70. The van der Waals surface area contributed by atoms with Gasteiger partial charge in [-0.1, -0.05) is 12.8 Å². The number of nitrogens with two attached hydrogens (primary N) is 1. The van der Waals surface area contributed by atoms with Crippen LogP contribution >= 0.6 is 15.9 Å². The van der Waals surface area contributed by atoms with Gasteiger partial charge < -0.3 is 15.4 Å². The lowest BCUT2D eigenvalue weighted by atomic mass is 10.2. The summed E-state index contributed by atoms with van der Waals surface area (Å²) in [5.74, 6) is 2.28. The van der Waals surface area contributed by atoms with E-state index in [0.29, 0.717) is 18.7 Å². The number of benzene rings is 1. The Kier molecular flexibility index (Phi) is 10.5. The minimum Gasteiger partial charge on any atom is -0.436 e. The highest BCUT2D eigenvalue weighted by Crippen LogP contribution is 2.08. The van der Waals surface area contributed by atoms with Crippen molar-refractivity contribution in [3.05, 3.63) is 29.8 Å². The molecule has 0 saturated heterocycles. The molecule has 1 aromatic rings. The lowest BCUT2D eigenvalue weighted by Gasteiger charge is -2.07. The van der Waals surface area contributed by atoms with Crippen LogP contribution in [0.15, 0.2) is 29.2 Å². The molecule has 27 heavy (non-hydrogen) atoms. The third-order valence-electron chi connectivity index (χ3n) is 3.45. The highest BCUT2D eigenvalue weighted by Gasteiger charge is 2.09. The van der Waals surface area contributed by atoms with Crippen molar-refractivity contribution in [2.45, 2.75) is 30.6 Å². The van der Waals surface area contributed by atoms with E-state index in [1.165, 1.54) is 24.3 Å². The molecule has 8 nitrogen and oxygen atoms in total.